The Hall–Kier alpha value is -0.761. The van der Waals surface area contributed by atoms with Crippen LogP contribution in [0, 0.1) is 9.81 Å². The van der Waals surface area contributed by atoms with E-state index in [2.05, 4.69) is 10.6 Å². The van der Waals surface area contributed by atoms with Crippen LogP contribution in [0.1, 0.15) is 26.7 Å². The van der Waals surface area contributed by atoms with Crippen molar-refractivity contribution >= 4 is 0 Å². The second-order valence-electron chi connectivity index (χ2n) is 2.36. The van der Waals surface area contributed by atoms with Gasteiger partial charge in [0.05, 0.1) is 23.7 Å². The zero-order valence-corrected chi connectivity index (χ0v) is 9.57. The summed E-state index contributed by atoms with van der Waals surface area (Å²) in [4.78, 5) is 18.6. The summed E-state index contributed by atoms with van der Waals surface area (Å²) in [6.07, 6.45) is 1.45. The molecule has 0 saturated heterocycles. The average Bonchev–Trinajstić information content (AvgIpc) is 2.19. The Bertz CT molecular complexity index is 135. The van der Waals surface area contributed by atoms with E-state index in [0.29, 0.717) is 23.4 Å². The maximum atomic E-state index is 9.32. The molecule has 0 spiro atoms. The van der Waals surface area contributed by atoms with Crippen LogP contribution in [0.3, 0.4) is 0 Å². The molecule has 0 heterocycles. The SMILES string of the molecule is CCCN(O)N=O.CCCN(O)N=O.[Cu]. The number of rotatable bonds is 6. The van der Waals surface area contributed by atoms with Gasteiger partial charge < -0.3 is 0 Å². The van der Waals surface area contributed by atoms with Crippen molar-refractivity contribution in [3.63, 3.8) is 0 Å². The zero-order valence-electron chi connectivity index (χ0n) is 8.63. The molecule has 1 radical (unpaired) electrons. The predicted molar refractivity (Wildman–Crippen MR) is 49.2 cm³/mol. The van der Waals surface area contributed by atoms with Gasteiger partial charge in [-0.15, -0.1) is 20.2 Å². The zero-order chi connectivity index (χ0) is 11.4. The first-order valence-corrected chi connectivity index (χ1v) is 4.21. The van der Waals surface area contributed by atoms with E-state index < -0.39 is 0 Å². The molecule has 9 heteroatoms. The molecule has 0 amide bonds. The van der Waals surface area contributed by atoms with Gasteiger partial charge in [-0.3, -0.25) is 10.4 Å². The van der Waals surface area contributed by atoms with Crippen molar-refractivity contribution in [1.82, 2.24) is 10.3 Å². The topological polar surface area (TPSA) is 106 Å². The smallest absolute Gasteiger partial charge is 0.0787 e. The maximum Gasteiger partial charge on any atom is 0.0787 e. The van der Waals surface area contributed by atoms with E-state index in [0.717, 1.165) is 12.8 Å². The number of hydrogen-bond acceptors (Lipinski definition) is 6. The molecule has 0 atom stereocenters. The van der Waals surface area contributed by atoms with Crippen molar-refractivity contribution < 1.29 is 27.5 Å². The quantitative estimate of drug-likeness (QED) is 0.431. The van der Waals surface area contributed by atoms with Gasteiger partial charge in [0.25, 0.3) is 0 Å². The second-order valence-corrected chi connectivity index (χ2v) is 2.36. The summed E-state index contributed by atoms with van der Waals surface area (Å²) in [6, 6.07) is 0. The normalized spacial score (nSPS) is 7.73. The van der Waals surface area contributed by atoms with E-state index in [4.69, 9.17) is 10.4 Å². The first-order chi connectivity index (χ1) is 6.62. The first-order valence-electron chi connectivity index (χ1n) is 4.21. The van der Waals surface area contributed by atoms with Crippen LogP contribution in [-0.2, 0) is 17.1 Å². The molecule has 8 nitrogen and oxygen atoms in total. The van der Waals surface area contributed by atoms with Gasteiger partial charge in [0, 0.05) is 17.1 Å². The van der Waals surface area contributed by atoms with Crippen molar-refractivity contribution in [3.05, 3.63) is 9.81 Å². The Morgan fingerprint density at radius 1 is 0.933 bits per heavy atom. The number of nitroso groups, excluding NO2 is 2. The summed E-state index contributed by atoms with van der Waals surface area (Å²) in [5, 5.41) is 21.6. The number of nitrogens with zero attached hydrogens (tertiary/aromatic N) is 4. The first kappa shape index (κ1) is 19.8. The Balaban J connectivity index is -0.000000180. The van der Waals surface area contributed by atoms with Gasteiger partial charge in [0.1, 0.15) is 0 Å². The van der Waals surface area contributed by atoms with E-state index in [-0.39, 0.29) is 17.1 Å². The summed E-state index contributed by atoms with van der Waals surface area (Å²) in [5.74, 6) is 0. The van der Waals surface area contributed by atoms with Crippen LogP contribution in [-0.4, -0.2) is 33.8 Å². The molecule has 0 saturated carbocycles. The van der Waals surface area contributed by atoms with Crippen LogP contribution in [0.5, 0.6) is 0 Å². The molecule has 2 N–H and O–H groups in total. The van der Waals surface area contributed by atoms with Gasteiger partial charge in [0.2, 0.25) is 0 Å². The third-order valence-electron chi connectivity index (χ3n) is 1.04. The Morgan fingerprint density at radius 2 is 1.20 bits per heavy atom. The molecule has 0 aromatic carbocycles. The second kappa shape index (κ2) is 15.7. The summed E-state index contributed by atoms with van der Waals surface area (Å²) < 4.78 is 0. The Morgan fingerprint density at radius 3 is 1.27 bits per heavy atom. The minimum Gasteiger partial charge on any atom is -0.269 e. The van der Waals surface area contributed by atoms with Crippen molar-refractivity contribution in [3.8, 4) is 0 Å². The molecule has 0 bridgehead atoms. The fourth-order valence-corrected chi connectivity index (χ4v) is 0.482. The Kier molecular flexibility index (Phi) is 20.7. The molecule has 15 heavy (non-hydrogen) atoms. The van der Waals surface area contributed by atoms with Crippen molar-refractivity contribution in [2.24, 2.45) is 10.6 Å². The number of hydrogen-bond donors (Lipinski definition) is 2. The summed E-state index contributed by atoms with van der Waals surface area (Å²) in [7, 11) is 0. The molecule has 95 valence electrons. The molecule has 0 aliphatic rings. The van der Waals surface area contributed by atoms with Crippen LogP contribution in [0.2, 0.25) is 0 Å². The van der Waals surface area contributed by atoms with Crippen LogP contribution >= 0.6 is 0 Å². The van der Waals surface area contributed by atoms with Gasteiger partial charge in [-0.05, 0) is 12.8 Å². The molecule has 0 aromatic rings. The summed E-state index contributed by atoms with van der Waals surface area (Å²) in [5.41, 5.74) is 0. The predicted octanol–water partition coefficient (Wildman–Crippen LogP) is 1.54. The van der Waals surface area contributed by atoms with Gasteiger partial charge in [0.15, 0.2) is 0 Å². The van der Waals surface area contributed by atoms with Gasteiger partial charge in [-0.25, -0.2) is 0 Å². The minimum absolute atomic E-state index is 0. The van der Waals surface area contributed by atoms with Crippen molar-refractivity contribution in [2.75, 3.05) is 13.1 Å². The molecular weight excluding hydrogens is 256 g/mol. The van der Waals surface area contributed by atoms with Crippen LogP contribution in [0.15, 0.2) is 10.6 Å². The van der Waals surface area contributed by atoms with Gasteiger partial charge >= 0.3 is 0 Å². The summed E-state index contributed by atoms with van der Waals surface area (Å²) in [6.45, 7) is 4.30. The van der Waals surface area contributed by atoms with E-state index in [1.165, 1.54) is 0 Å². The number of hydroxylamine groups is 2. The van der Waals surface area contributed by atoms with Crippen LogP contribution in [0.4, 0.5) is 0 Å². The largest absolute Gasteiger partial charge is 0.269 e. The average molecular weight is 272 g/mol. The fraction of sp³-hybridized carbons (Fsp3) is 1.00. The molecule has 0 rings (SSSR count). The van der Waals surface area contributed by atoms with Crippen LogP contribution in [0.25, 0.3) is 0 Å². The molecule has 0 aliphatic carbocycles. The third-order valence-corrected chi connectivity index (χ3v) is 1.04. The van der Waals surface area contributed by atoms with Crippen molar-refractivity contribution in [1.29, 1.82) is 0 Å². The summed E-state index contributed by atoms with van der Waals surface area (Å²) >= 11 is 0. The van der Waals surface area contributed by atoms with E-state index in [1.54, 1.807) is 0 Å². The van der Waals surface area contributed by atoms with Gasteiger partial charge in [-0.2, -0.15) is 0 Å². The van der Waals surface area contributed by atoms with Crippen LogP contribution < -0.4 is 0 Å². The van der Waals surface area contributed by atoms with Gasteiger partial charge in [-0.1, -0.05) is 13.8 Å². The maximum absolute atomic E-state index is 9.32. The minimum atomic E-state index is 0. The van der Waals surface area contributed by atoms with E-state index >= 15 is 0 Å². The molecule has 0 aliphatic heterocycles. The molecule has 0 fully saturated rings. The monoisotopic (exact) mass is 271 g/mol. The third kappa shape index (κ3) is 19.6. The van der Waals surface area contributed by atoms with E-state index in [1.807, 2.05) is 13.8 Å². The molecular formula is C6H16CuN4O4. The molecule has 0 unspecified atom stereocenters. The Labute approximate surface area is 98.5 Å². The van der Waals surface area contributed by atoms with E-state index in [9.17, 15) is 9.81 Å². The standard InChI is InChI=1S/2C3H8N2O2.Cu/c2*1-2-3-5(7)4-6;/h2*7H,2-3H2,1H3;. The molecule has 0 aromatic heterocycles. The fourth-order valence-electron chi connectivity index (χ4n) is 0.482. The van der Waals surface area contributed by atoms with Crippen molar-refractivity contribution in [2.45, 2.75) is 26.7 Å².